The highest BCUT2D eigenvalue weighted by molar-refractivity contribution is 5.82. The third-order valence-corrected chi connectivity index (χ3v) is 4.89. The third kappa shape index (κ3) is 3.55. The molecule has 2 saturated heterocycles. The number of carbonyl (C=O) groups excluding carboxylic acids is 2. The van der Waals surface area contributed by atoms with Crippen LogP contribution in [0.15, 0.2) is 0 Å². The summed E-state index contributed by atoms with van der Waals surface area (Å²) in [7, 11) is 0. The molecule has 2 unspecified atom stereocenters. The molecule has 6 nitrogen and oxygen atoms in total. The zero-order valence-electron chi connectivity index (χ0n) is 12.8. The Morgan fingerprint density at radius 3 is 2.43 bits per heavy atom. The second-order valence-corrected chi connectivity index (χ2v) is 6.51. The molecule has 2 N–H and O–H groups in total. The van der Waals surface area contributed by atoms with E-state index in [0.717, 1.165) is 58.5 Å². The fourth-order valence-electron chi connectivity index (χ4n) is 3.17. The largest absolute Gasteiger partial charge is 0.352 e. The van der Waals surface area contributed by atoms with E-state index in [2.05, 4.69) is 15.5 Å². The maximum Gasteiger partial charge on any atom is 0.237 e. The fourth-order valence-corrected chi connectivity index (χ4v) is 3.17. The number of hydrogen-bond donors (Lipinski definition) is 2. The van der Waals surface area contributed by atoms with Gasteiger partial charge in [0.2, 0.25) is 11.8 Å². The number of nitrogens with one attached hydrogen (secondary N) is 2. The first-order valence-electron chi connectivity index (χ1n) is 8.19. The molecule has 0 bridgehead atoms. The summed E-state index contributed by atoms with van der Waals surface area (Å²) in [5.74, 6) is 0.583. The molecule has 3 rings (SSSR count). The van der Waals surface area contributed by atoms with Crippen molar-refractivity contribution in [2.75, 3.05) is 39.3 Å². The number of hydrogen-bond acceptors (Lipinski definition) is 4. The van der Waals surface area contributed by atoms with E-state index in [4.69, 9.17) is 0 Å². The summed E-state index contributed by atoms with van der Waals surface area (Å²) in [5, 5.41) is 6.31. The van der Waals surface area contributed by atoms with Gasteiger partial charge in [-0.25, -0.2) is 0 Å². The van der Waals surface area contributed by atoms with Crippen LogP contribution in [-0.4, -0.2) is 73.0 Å². The smallest absolute Gasteiger partial charge is 0.237 e. The highest BCUT2D eigenvalue weighted by Gasteiger charge is 2.33. The Bertz CT molecular complexity index is 396. The molecular weight excluding hydrogens is 268 g/mol. The molecule has 2 aliphatic heterocycles. The maximum atomic E-state index is 12.4. The Balaban J connectivity index is 1.45. The quantitative estimate of drug-likeness (QED) is 0.727. The van der Waals surface area contributed by atoms with Crippen LogP contribution < -0.4 is 10.6 Å². The molecule has 0 aromatic carbocycles. The zero-order chi connectivity index (χ0) is 14.8. The Labute approximate surface area is 126 Å². The molecule has 0 radical (unpaired) electrons. The summed E-state index contributed by atoms with van der Waals surface area (Å²) in [6.07, 6.45) is 3.20. The minimum absolute atomic E-state index is 0.0870. The van der Waals surface area contributed by atoms with Crippen molar-refractivity contribution in [1.82, 2.24) is 20.4 Å². The van der Waals surface area contributed by atoms with E-state index in [9.17, 15) is 9.59 Å². The van der Waals surface area contributed by atoms with Crippen molar-refractivity contribution in [3.63, 3.8) is 0 Å². The maximum absolute atomic E-state index is 12.4. The summed E-state index contributed by atoms with van der Waals surface area (Å²) in [4.78, 5) is 28.6. The number of rotatable bonds is 4. The molecule has 3 fully saturated rings. The van der Waals surface area contributed by atoms with Crippen LogP contribution in [0, 0.1) is 5.92 Å². The van der Waals surface area contributed by atoms with Crippen LogP contribution in [0.25, 0.3) is 0 Å². The van der Waals surface area contributed by atoms with Crippen molar-refractivity contribution in [3.8, 4) is 0 Å². The topological polar surface area (TPSA) is 64.7 Å². The SMILES string of the molecule is CC(C(=O)NC1CC1)N1CCN(C(=O)C2CCNC2)CC1. The normalized spacial score (nSPS) is 28.4. The highest BCUT2D eigenvalue weighted by atomic mass is 16.2. The van der Waals surface area contributed by atoms with Gasteiger partial charge in [-0.15, -0.1) is 0 Å². The van der Waals surface area contributed by atoms with Gasteiger partial charge in [0.05, 0.1) is 12.0 Å². The Morgan fingerprint density at radius 1 is 1.14 bits per heavy atom. The van der Waals surface area contributed by atoms with E-state index in [0.29, 0.717) is 6.04 Å². The van der Waals surface area contributed by atoms with Crippen LogP contribution in [0.3, 0.4) is 0 Å². The van der Waals surface area contributed by atoms with Gasteiger partial charge in [-0.3, -0.25) is 14.5 Å². The number of amides is 2. The summed E-state index contributed by atoms with van der Waals surface area (Å²) in [6.45, 7) is 6.83. The zero-order valence-corrected chi connectivity index (χ0v) is 12.8. The molecule has 0 aromatic heterocycles. The molecule has 0 spiro atoms. The van der Waals surface area contributed by atoms with Crippen LogP contribution in [0.4, 0.5) is 0 Å². The molecule has 1 aliphatic carbocycles. The fraction of sp³-hybridized carbons (Fsp3) is 0.867. The van der Waals surface area contributed by atoms with Gasteiger partial charge in [0.15, 0.2) is 0 Å². The van der Waals surface area contributed by atoms with E-state index in [1.807, 2.05) is 11.8 Å². The predicted molar refractivity (Wildman–Crippen MR) is 79.8 cm³/mol. The second kappa shape index (κ2) is 6.32. The Morgan fingerprint density at radius 2 is 1.86 bits per heavy atom. The van der Waals surface area contributed by atoms with Gasteiger partial charge in [0.25, 0.3) is 0 Å². The Kier molecular flexibility index (Phi) is 4.45. The van der Waals surface area contributed by atoms with Gasteiger partial charge < -0.3 is 15.5 Å². The summed E-state index contributed by atoms with van der Waals surface area (Å²) in [5.41, 5.74) is 0. The van der Waals surface area contributed by atoms with Crippen molar-refractivity contribution in [2.24, 2.45) is 5.92 Å². The molecule has 0 aromatic rings. The lowest BCUT2D eigenvalue weighted by molar-refractivity contribution is -0.137. The molecule has 118 valence electrons. The highest BCUT2D eigenvalue weighted by Crippen LogP contribution is 2.19. The van der Waals surface area contributed by atoms with Crippen molar-refractivity contribution in [3.05, 3.63) is 0 Å². The van der Waals surface area contributed by atoms with Gasteiger partial charge in [-0.05, 0) is 32.7 Å². The lowest BCUT2D eigenvalue weighted by Gasteiger charge is -2.38. The summed E-state index contributed by atoms with van der Waals surface area (Å²) < 4.78 is 0. The van der Waals surface area contributed by atoms with Gasteiger partial charge in [0, 0.05) is 38.8 Å². The summed E-state index contributed by atoms with van der Waals surface area (Å²) in [6, 6.07) is 0.327. The van der Waals surface area contributed by atoms with Crippen LogP contribution >= 0.6 is 0 Å². The van der Waals surface area contributed by atoms with E-state index in [-0.39, 0.29) is 23.8 Å². The molecule has 6 heteroatoms. The first-order valence-corrected chi connectivity index (χ1v) is 8.19. The molecule has 2 heterocycles. The molecule has 2 amide bonds. The molecule has 3 aliphatic rings. The van der Waals surface area contributed by atoms with Crippen LogP contribution in [0.5, 0.6) is 0 Å². The predicted octanol–water partition coefficient (Wildman–Crippen LogP) is -0.593. The molecule has 21 heavy (non-hydrogen) atoms. The first-order chi connectivity index (χ1) is 10.1. The van der Waals surface area contributed by atoms with Crippen LogP contribution in [0.2, 0.25) is 0 Å². The lowest BCUT2D eigenvalue weighted by atomic mass is 10.1. The number of carbonyl (C=O) groups is 2. The standard InChI is InChI=1S/C15H26N4O2/c1-11(14(20)17-13-2-3-13)18-6-8-19(9-7-18)15(21)12-4-5-16-10-12/h11-13,16H,2-10H2,1H3,(H,17,20). The van der Waals surface area contributed by atoms with E-state index in [1.54, 1.807) is 0 Å². The number of nitrogens with zero attached hydrogens (tertiary/aromatic N) is 2. The monoisotopic (exact) mass is 294 g/mol. The lowest BCUT2D eigenvalue weighted by Crippen LogP contribution is -2.56. The van der Waals surface area contributed by atoms with Crippen molar-refractivity contribution >= 4 is 11.8 Å². The molecule has 1 saturated carbocycles. The van der Waals surface area contributed by atoms with E-state index < -0.39 is 0 Å². The minimum atomic E-state index is -0.0870. The van der Waals surface area contributed by atoms with Gasteiger partial charge in [-0.2, -0.15) is 0 Å². The molecular formula is C15H26N4O2. The van der Waals surface area contributed by atoms with Crippen LogP contribution in [0.1, 0.15) is 26.2 Å². The third-order valence-electron chi connectivity index (χ3n) is 4.89. The minimum Gasteiger partial charge on any atom is -0.352 e. The number of piperazine rings is 1. The van der Waals surface area contributed by atoms with Gasteiger partial charge in [-0.1, -0.05) is 0 Å². The molecule has 2 atom stereocenters. The van der Waals surface area contributed by atoms with Gasteiger partial charge >= 0.3 is 0 Å². The Hall–Kier alpha value is -1.14. The van der Waals surface area contributed by atoms with Crippen molar-refractivity contribution in [1.29, 1.82) is 0 Å². The van der Waals surface area contributed by atoms with Crippen LogP contribution in [-0.2, 0) is 9.59 Å². The average Bonchev–Trinajstić information content (AvgIpc) is 3.15. The van der Waals surface area contributed by atoms with E-state index in [1.165, 1.54) is 0 Å². The van der Waals surface area contributed by atoms with Crippen molar-refractivity contribution in [2.45, 2.75) is 38.3 Å². The summed E-state index contributed by atoms with van der Waals surface area (Å²) >= 11 is 0. The van der Waals surface area contributed by atoms with Crippen molar-refractivity contribution < 1.29 is 9.59 Å². The first kappa shape index (κ1) is 14.8. The van der Waals surface area contributed by atoms with E-state index >= 15 is 0 Å². The second-order valence-electron chi connectivity index (χ2n) is 6.51. The average molecular weight is 294 g/mol. The van der Waals surface area contributed by atoms with Gasteiger partial charge in [0.1, 0.15) is 0 Å².